The van der Waals surface area contributed by atoms with Crippen molar-refractivity contribution < 1.29 is 9.59 Å². The van der Waals surface area contributed by atoms with Gasteiger partial charge in [0, 0.05) is 24.2 Å². The second kappa shape index (κ2) is 7.75. The van der Waals surface area contributed by atoms with Crippen LogP contribution in [-0.2, 0) is 4.79 Å². The van der Waals surface area contributed by atoms with Gasteiger partial charge in [0.05, 0.1) is 11.0 Å². The highest BCUT2D eigenvalue weighted by Gasteiger charge is 2.76. The molecule has 1 spiro atoms. The Bertz CT molecular complexity index is 1510. The third-order valence-electron chi connectivity index (χ3n) is 12.6. The van der Waals surface area contributed by atoms with Crippen LogP contribution in [0.3, 0.4) is 0 Å². The molecule has 8 heteroatoms. The van der Waals surface area contributed by atoms with Gasteiger partial charge in [0.15, 0.2) is 0 Å². The molecule has 0 radical (unpaired) electrons. The number of urea groups is 1. The van der Waals surface area contributed by atoms with Gasteiger partial charge in [-0.25, -0.2) is 14.7 Å². The van der Waals surface area contributed by atoms with Gasteiger partial charge in [-0.3, -0.25) is 14.5 Å². The van der Waals surface area contributed by atoms with Crippen LogP contribution in [0.4, 0.5) is 10.6 Å². The number of anilines is 1. The van der Waals surface area contributed by atoms with Crippen LogP contribution in [0.2, 0.25) is 0 Å². The quantitative estimate of drug-likeness (QED) is 0.574. The van der Waals surface area contributed by atoms with Gasteiger partial charge in [-0.2, -0.15) is 0 Å². The highest BCUT2D eigenvalue weighted by molar-refractivity contribution is 6.22. The highest BCUT2D eigenvalue weighted by Crippen LogP contribution is 2.82. The van der Waals surface area contributed by atoms with Crippen molar-refractivity contribution in [1.29, 1.82) is 0 Å². The van der Waals surface area contributed by atoms with E-state index in [1.54, 1.807) is 13.8 Å². The van der Waals surface area contributed by atoms with Gasteiger partial charge in [0.1, 0.15) is 5.54 Å². The van der Waals surface area contributed by atoms with Gasteiger partial charge in [-0.05, 0) is 113 Å². The zero-order chi connectivity index (χ0) is 27.1. The molecule has 3 amide bonds. The van der Waals surface area contributed by atoms with Crippen LogP contribution in [0.25, 0.3) is 11.0 Å². The Morgan fingerprint density at radius 1 is 0.875 bits per heavy atom. The van der Waals surface area contributed by atoms with Crippen molar-refractivity contribution in [2.24, 2.45) is 29.1 Å². The van der Waals surface area contributed by atoms with E-state index >= 15 is 0 Å². The maximum absolute atomic E-state index is 14.2. The van der Waals surface area contributed by atoms with E-state index in [2.05, 4.69) is 15.2 Å². The maximum atomic E-state index is 14.2. The molecule has 4 saturated carbocycles. The van der Waals surface area contributed by atoms with E-state index in [1.807, 2.05) is 28.8 Å². The summed E-state index contributed by atoms with van der Waals surface area (Å²) in [6, 6.07) is 8.82. The molecule has 7 aliphatic rings. The average molecular weight is 542 g/mol. The number of fused-ring (bicyclic) bond motifs is 3. The number of piperidine rings is 2. The van der Waals surface area contributed by atoms with E-state index < -0.39 is 17.5 Å². The lowest BCUT2D eigenvalue weighted by molar-refractivity contribution is -0.121. The van der Waals surface area contributed by atoms with Crippen LogP contribution in [0, 0.1) is 29.1 Å². The summed E-state index contributed by atoms with van der Waals surface area (Å²) in [5, 5.41) is 2.71. The Hall–Kier alpha value is -2.74. The monoisotopic (exact) mass is 541 g/mol. The number of para-hydroxylation sites is 2. The standard InChI is InChI=1S/C32H39N5O3/c1-31(2)29(39)37(30(40)34-31)27-28(38)36(26-9-4-3-8-25(26)33-27)23-14-20-6-5-7-21(15-23)35(20)22-11-17-10-18-12-19(13-22)32(18)16-24(17)32/h3-4,8-9,17-24H,5-7,10-16H2,1-2H3,(H,34,40). The summed E-state index contributed by atoms with van der Waals surface area (Å²) in [5.41, 5.74) is 0.810. The molecular formula is C32H39N5O3. The van der Waals surface area contributed by atoms with Gasteiger partial charge in [-0.15, -0.1) is 0 Å². The number of hydrogen-bond acceptors (Lipinski definition) is 5. The fourth-order valence-corrected chi connectivity index (χ4v) is 11.0. The molecule has 8 unspecified atom stereocenters. The fraction of sp³-hybridized carbons (Fsp3) is 0.688. The zero-order valence-corrected chi connectivity index (χ0v) is 23.5. The summed E-state index contributed by atoms with van der Waals surface area (Å²) in [6.45, 7) is 3.33. The zero-order valence-electron chi connectivity index (χ0n) is 23.5. The molecule has 3 aliphatic heterocycles. The molecule has 9 rings (SSSR count). The molecule has 4 bridgehead atoms. The lowest BCUT2D eigenvalue weighted by Crippen LogP contribution is -2.58. The molecular weight excluding hydrogens is 502 g/mol. The van der Waals surface area contributed by atoms with Crippen LogP contribution < -0.4 is 15.8 Å². The molecule has 1 aromatic heterocycles. The number of amides is 3. The normalized spacial score (nSPS) is 42.8. The molecule has 8 nitrogen and oxygen atoms in total. The summed E-state index contributed by atoms with van der Waals surface area (Å²) in [6.07, 6.45) is 12.8. The topological polar surface area (TPSA) is 87.5 Å². The number of hydrogen-bond donors (Lipinski definition) is 1. The number of carbonyl (C=O) groups is 2. The van der Waals surface area contributed by atoms with E-state index in [9.17, 15) is 14.4 Å². The predicted octanol–water partition coefficient (Wildman–Crippen LogP) is 4.61. The molecule has 7 fully saturated rings. The molecule has 4 heterocycles. The number of rotatable bonds is 3. The first-order valence-corrected chi connectivity index (χ1v) is 15.7. The van der Waals surface area contributed by atoms with Crippen molar-refractivity contribution in [3.8, 4) is 0 Å². The smallest absolute Gasteiger partial charge is 0.323 e. The Labute approximate surface area is 234 Å². The summed E-state index contributed by atoms with van der Waals surface area (Å²) in [7, 11) is 0. The van der Waals surface area contributed by atoms with Gasteiger partial charge >= 0.3 is 6.03 Å². The molecule has 40 heavy (non-hydrogen) atoms. The van der Waals surface area contributed by atoms with Gasteiger partial charge < -0.3 is 9.88 Å². The first-order chi connectivity index (χ1) is 19.3. The largest absolute Gasteiger partial charge is 0.331 e. The molecule has 8 atom stereocenters. The first-order valence-electron chi connectivity index (χ1n) is 15.7. The molecule has 3 saturated heterocycles. The fourth-order valence-electron chi connectivity index (χ4n) is 11.0. The number of imide groups is 1. The number of benzene rings is 1. The van der Waals surface area contributed by atoms with E-state index in [4.69, 9.17) is 0 Å². The summed E-state index contributed by atoms with van der Waals surface area (Å²) < 4.78 is 1.89. The third-order valence-corrected chi connectivity index (χ3v) is 12.6. The van der Waals surface area contributed by atoms with Gasteiger partial charge in [0.2, 0.25) is 5.82 Å². The van der Waals surface area contributed by atoms with Gasteiger partial charge in [-0.1, -0.05) is 18.6 Å². The number of carbonyl (C=O) groups excluding carboxylic acids is 2. The van der Waals surface area contributed by atoms with E-state index in [0.29, 0.717) is 23.6 Å². The summed E-state index contributed by atoms with van der Waals surface area (Å²) in [4.78, 5) is 48.8. The summed E-state index contributed by atoms with van der Waals surface area (Å²) in [5.74, 6) is 3.49. The lowest BCUT2D eigenvalue weighted by Gasteiger charge is -2.55. The van der Waals surface area contributed by atoms with Crippen molar-refractivity contribution in [2.45, 2.75) is 108 Å². The van der Waals surface area contributed by atoms with Crippen molar-refractivity contribution in [3.05, 3.63) is 34.6 Å². The second-order valence-corrected chi connectivity index (χ2v) is 14.8. The Morgan fingerprint density at radius 3 is 2.35 bits per heavy atom. The molecule has 210 valence electrons. The first kappa shape index (κ1) is 23.9. The van der Waals surface area contributed by atoms with Crippen LogP contribution in [0.1, 0.15) is 84.1 Å². The van der Waals surface area contributed by atoms with Crippen molar-refractivity contribution in [2.75, 3.05) is 4.90 Å². The van der Waals surface area contributed by atoms with Crippen LogP contribution in [-0.4, -0.2) is 50.1 Å². The van der Waals surface area contributed by atoms with E-state index in [-0.39, 0.29) is 17.4 Å². The minimum absolute atomic E-state index is 0.0294. The number of nitrogens with zero attached hydrogens (tertiary/aromatic N) is 4. The SMILES string of the molecule is CC1(C)NC(=O)N(c2nc3ccccc3n(C3CC4CCCC(C3)N4C3CC4CC5CC(C3)C53CC43)c2=O)C1=O. The van der Waals surface area contributed by atoms with E-state index in [1.165, 1.54) is 51.4 Å². The molecule has 1 aromatic carbocycles. The molecule has 4 aliphatic carbocycles. The number of aromatic nitrogens is 2. The predicted molar refractivity (Wildman–Crippen MR) is 151 cm³/mol. The average Bonchev–Trinajstić information content (AvgIpc) is 3.59. The second-order valence-electron chi connectivity index (χ2n) is 14.8. The molecule has 1 N–H and O–H groups in total. The Kier molecular flexibility index (Phi) is 4.63. The maximum Gasteiger partial charge on any atom is 0.331 e. The third kappa shape index (κ3) is 2.96. The van der Waals surface area contributed by atoms with Crippen LogP contribution in [0.15, 0.2) is 29.1 Å². The minimum atomic E-state index is -1.07. The van der Waals surface area contributed by atoms with Gasteiger partial charge in [0.25, 0.3) is 11.5 Å². The number of nitrogens with one attached hydrogen (secondary N) is 1. The van der Waals surface area contributed by atoms with Crippen molar-refractivity contribution in [1.82, 2.24) is 19.8 Å². The van der Waals surface area contributed by atoms with Crippen LogP contribution in [0.5, 0.6) is 0 Å². The Balaban J connectivity index is 1.08. The minimum Gasteiger partial charge on any atom is -0.323 e. The lowest BCUT2D eigenvalue weighted by atomic mass is 9.59. The van der Waals surface area contributed by atoms with Crippen molar-refractivity contribution >= 4 is 28.8 Å². The highest BCUT2D eigenvalue weighted by atomic mass is 16.2. The summed E-state index contributed by atoms with van der Waals surface area (Å²) >= 11 is 0. The van der Waals surface area contributed by atoms with Crippen LogP contribution >= 0.6 is 0 Å². The molecule has 2 aromatic rings. The Morgan fingerprint density at radius 2 is 1.62 bits per heavy atom. The van der Waals surface area contributed by atoms with Crippen molar-refractivity contribution in [3.63, 3.8) is 0 Å². The van der Waals surface area contributed by atoms with E-state index in [0.717, 1.165) is 52.3 Å².